The minimum absolute atomic E-state index is 0.0391. The van der Waals surface area contributed by atoms with Crippen molar-refractivity contribution in [2.75, 3.05) is 17.6 Å². The predicted molar refractivity (Wildman–Crippen MR) is 69.2 cm³/mol. The van der Waals surface area contributed by atoms with Crippen LogP contribution in [0.4, 0.5) is 19.0 Å². The highest BCUT2D eigenvalue weighted by Crippen LogP contribution is 2.31. The summed E-state index contributed by atoms with van der Waals surface area (Å²) in [5, 5.41) is 4.87. The monoisotopic (exact) mass is 293 g/mol. The molecule has 0 aliphatic heterocycles. The number of alkyl halides is 3. The molecule has 18 heavy (non-hydrogen) atoms. The number of fused-ring (bicyclic) bond motifs is 1. The first-order chi connectivity index (χ1) is 8.47. The molecule has 2 rings (SSSR count). The molecule has 0 atom stereocenters. The number of halogens is 3. The molecule has 0 bridgehead atoms. The van der Waals surface area contributed by atoms with Crippen molar-refractivity contribution in [2.45, 2.75) is 12.4 Å². The van der Waals surface area contributed by atoms with E-state index in [1.807, 2.05) is 12.3 Å². The minimum Gasteiger partial charge on any atom is -0.368 e. The Morgan fingerprint density at radius 1 is 1.39 bits per heavy atom. The second-order valence-electron chi connectivity index (χ2n) is 3.54. The number of aryl methyl sites for hydroxylation is 1. The molecule has 1 N–H and O–H groups in total. The van der Waals surface area contributed by atoms with Crippen LogP contribution in [0, 0.1) is 6.92 Å². The average Bonchev–Trinajstić information content (AvgIpc) is 2.67. The van der Waals surface area contributed by atoms with Crippen LogP contribution >= 0.6 is 23.1 Å². The number of anilines is 1. The summed E-state index contributed by atoms with van der Waals surface area (Å²) in [5.74, 6) is 0.556. The molecule has 0 aliphatic carbocycles. The van der Waals surface area contributed by atoms with E-state index in [9.17, 15) is 13.2 Å². The van der Waals surface area contributed by atoms with E-state index in [2.05, 4.69) is 15.3 Å². The standard InChI is InChI=1S/C10H10F3N3S2/c1-6-4-17-8-7(6)15-5-16-9(8)14-2-3-18-10(11,12)13/h4-5H,2-3H2,1H3,(H,14,15,16). The third-order valence-corrected chi connectivity index (χ3v) is 4.02. The minimum atomic E-state index is -4.18. The second-order valence-corrected chi connectivity index (χ2v) is 5.58. The first-order valence-corrected chi connectivity index (χ1v) is 6.97. The summed E-state index contributed by atoms with van der Waals surface area (Å²) < 4.78 is 36.7. The summed E-state index contributed by atoms with van der Waals surface area (Å²) >= 11 is 1.45. The molecular formula is C10H10F3N3S2. The molecule has 3 nitrogen and oxygen atoms in total. The zero-order valence-corrected chi connectivity index (χ0v) is 11.0. The van der Waals surface area contributed by atoms with E-state index in [1.165, 1.54) is 17.7 Å². The van der Waals surface area contributed by atoms with Gasteiger partial charge >= 0.3 is 5.51 Å². The third-order valence-electron chi connectivity index (χ3n) is 2.19. The van der Waals surface area contributed by atoms with Gasteiger partial charge in [0, 0.05) is 12.3 Å². The van der Waals surface area contributed by atoms with Gasteiger partial charge in [-0.2, -0.15) is 13.2 Å². The van der Waals surface area contributed by atoms with Crippen LogP contribution in [-0.4, -0.2) is 27.8 Å². The maximum atomic E-state index is 11.9. The Morgan fingerprint density at radius 2 is 2.17 bits per heavy atom. The fraction of sp³-hybridized carbons (Fsp3) is 0.400. The summed E-state index contributed by atoms with van der Waals surface area (Å²) in [7, 11) is 0. The highest BCUT2D eigenvalue weighted by molar-refractivity contribution is 8.00. The van der Waals surface area contributed by atoms with Crippen molar-refractivity contribution in [3.63, 3.8) is 0 Å². The molecule has 2 aromatic rings. The van der Waals surface area contributed by atoms with Crippen LogP contribution in [0.1, 0.15) is 5.56 Å². The van der Waals surface area contributed by atoms with Crippen LogP contribution in [-0.2, 0) is 0 Å². The highest BCUT2D eigenvalue weighted by Gasteiger charge is 2.27. The zero-order valence-electron chi connectivity index (χ0n) is 9.41. The molecule has 0 fully saturated rings. The van der Waals surface area contributed by atoms with E-state index in [1.54, 1.807) is 0 Å². The Hall–Kier alpha value is -1.02. The van der Waals surface area contributed by atoms with Crippen molar-refractivity contribution in [1.29, 1.82) is 0 Å². The van der Waals surface area contributed by atoms with Crippen LogP contribution in [0.5, 0.6) is 0 Å². The maximum Gasteiger partial charge on any atom is 0.441 e. The van der Waals surface area contributed by atoms with Gasteiger partial charge in [-0.25, -0.2) is 9.97 Å². The molecule has 98 valence electrons. The normalized spacial score (nSPS) is 12.0. The summed E-state index contributed by atoms with van der Waals surface area (Å²) in [6, 6.07) is 0. The molecule has 0 saturated heterocycles. The number of rotatable bonds is 4. The summed E-state index contributed by atoms with van der Waals surface area (Å²) in [6.07, 6.45) is 1.42. The SMILES string of the molecule is Cc1csc2c(NCCSC(F)(F)F)ncnc12. The van der Waals surface area contributed by atoms with Crippen molar-refractivity contribution in [3.8, 4) is 0 Å². The Bertz CT molecular complexity index is 539. The highest BCUT2D eigenvalue weighted by atomic mass is 32.2. The molecule has 0 spiro atoms. The molecule has 0 unspecified atom stereocenters. The largest absolute Gasteiger partial charge is 0.441 e. The number of nitrogens with one attached hydrogen (secondary N) is 1. The van der Waals surface area contributed by atoms with Gasteiger partial charge in [-0.15, -0.1) is 11.3 Å². The number of aromatic nitrogens is 2. The number of thiophene rings is 1. The lowest BCUT2D eigenvalue weighted by atomic mass is 10.3. The second kappa shape index (κ2) is 5.31. The van der Waals surface area contributed by atoms with Gasteiger partial charge in [0.2, 0.25) is 0 Å². The van der Waals surface area contributed by atoms with Gasteiger partial charge in [0.25, 0.3) is 0 Å². The maximum absolute atomic E-state index is 11.9. The molecule has 2 aromatic heterocycles. The summed E-state index contributed by atoms with van der Waals surface area (Å²) in [6.45, 7) is 2.16. The van der Waals surface area contributed by atoms with Gasteiger partial charge in [0.05, 0.1) is 10.2 Å². The smallest absolute Gasteiger partial charge is 0.368 e. The first-order valence-electron chi connectivity index (χ1n) is 5.11. The van der Waals surface area contributed by atoms with Crippen molar-refractivity contribution in [2.24, 2.45) is 0 Å². The van der Waals surface area contributed by atoms with E-state index in [4.69, 9.17) is 0 Å². The quantitative estimate of drug-likeness (QED) is 0.873. The average molecular weight is 293 g/mol. The fourth-order valence-electron chi connectivity index (χ4n) is 1.43. The lowest BCUT2D eigenvalue weighted by Gasteiger charge is -2.07. The third kappa shape index (κ3) is 3.26. The van der Waals surface area contributed by atoms with E-state index >= 15 is 0 Å². The first kappa shape index (κ1) is 13.4. The van der Waals surface area contributed by atoms with Crippen LogP contribution in [0.15, 0.2) is 11.7 Å². The van der Waals surface area contributed by atoms with Gasteiger partial charge in [0.1, 0.15) is 12.1 Å². The Labute approximate surface area is 110 Å². The lowest BCUT2D eigenvalue weighted by molar-refractivity contribution is -0.0327. The molecule has 8 heteroatoms. The van der Waals surface area contributed by atoms with Gasteiger partial charge in [-0.1, -0.05) is 0 Å². The molecule has 0 aliphatic rings. The number of thioether (sulfide) groups is 1. The van der Waals surface area contributed by atoms with Gasteiger partial charge < -0.3 is 5.32 Å². The lowest BCUT2D eigenvalue weighted by Crippen LogP contribution is -2.10. The number of hydrogen-bond donors (Lipinski definition) is 1. The predicted octanol–water partition coefficient (Wildman–Crippen LogP) is 3.66. The Kier molecular flexibility index (Phi) is 3.96. The molecule has 0 amide bonds. The topological polar surface area (TPSA) is 37.8 Å². The van der Waals surface area contributed by atoms with Crippen molar-refractivity contribution in [3.05, 3.63) is 17.3 Å². The fourth-order valence-corrected chi connectivity index (χ4v) is 2.84. The zero-order chi connectivity index (χ0) is 13.2. The van der Waals surface area contributed by atoms with Crippen molar-refractivity contribution < 1.29 is 13.2 Å². The Morgan fingerprint density at radius 3 is 2.89 bits per heavy atom. The van der Waals surface area contributed by atoms with E-state index in [0.717, 1.165) is 15.8 Å². The van der Waals surface area contributed by atoms with Gasteiger partial charge in [-0.05, 0) is 29.6 Å². The molecule has 0 radical (unpaired) electrons. The van der Waals surface area contributed by atoms with Crippen LogP contribution < -0.4 is 5.32 Å². The van der Waals surface area contributed by atoms with E-state index < -0.39 is 5.51 Å². The molecule has 0 aromatic carbocycles. The summed E-state index contributed by atoms with van der Waals surface area (Å²) in [4.78, 5) is 8.19. The number of hydrogen-bond acceptors (Lipinski definition) is 5. The summed E-state index contributed by atoms with van der Waals surface area (Å²) in [5.41, 5.74) is -2.28. The molecular weight excluding hydrogens is 283 g/mol. The molecule has 2 heterocycles. The van der Waals surface area contributed by atoms with Gasteiger partial charge in [-0.3, -0.25) is 0 Å². The van der Waals surface area contributed by atoms with Crippen LogP contribution in [0.2, 0.25) is 0 Å². The van der Waals surface area contributed by atoms with Crippen LogP contribution in [0.25, 0.3) is 10.2 Å². The van der Waals surface area contributed by atoms with E-state index in [0.29, 0.717) is 5.82 Å². The molecule has 0 saturated carbocycles. The van der Waals surface area contributed by atoms with Crippen molar-refractivity contribution >= 4 is 39.1 Å². The van der Waals surface area contributed by atoms with Crippen molar-refractivity contribution in [1.82, 2.24) is 9.97 Å². The van der Waals surface area contributed by atoms with Gasteiger partial charge in [0.15, 0.2) is 0 Å². The Balaban J connectivity index is 2.00. The number of nitrogens with zero attached hydrogens (tertiary/aromatic N) is 2. The van der Waals surface area contributed by atoms with E-state index in [-0.39, 0.29) is 24.1 Å². The van der Waals surface area contributed by atoms with Crippen LogP contribution in [0.3, 0.4) is 0 Å².